The first-order valence-electron chi connectivity index (χ1n) is 6.91. The lowest BCUT2D eigenvalue weighted by Crippen LogP contribution is -2.48. The maximum Gasteiger partial charge on any atom is 0.269 e. The first-order chi connectivity index (χ1) is 11.9. The van der Waals surface area contributed by atoms with E-state index in [1.807, 2.05) is 0 Å². The number of ether oxygens (including phenoxy) is 1. The third-order valence-corrected chi connectivity index (χ3v) is 4.11. The van der Waals surface area contributed by atoms with Crippen LogP contribution in [0.25, 0.3) is 0 Å². The number of hydrogen-bond acceptors (Lipinski definition) is 4. The van der Waals surface area contributed by atoms with E-state index in [9.17, 15) is 9.59 Å². The maximum absolute atomic E-state index is 12.1. The van der Waals surface area contributed by atoms with Gasteiger partial charge in [-0.05, 0) is 70.6 Å². The largest absolute Gasteiger partial charge is 0.496 e. The fourth-order valence-electron chi connectivity index (χ4n) is 1.80. The normalized spacial score (nSPS) is 9.88. The van der Waals surface area contributed by atoms with E-state index in [4.69, 9.17) is 28.6 Å². The predicted molar refractivity (Wildman–Crippen MR) is 103 cm³/mol. The monoisotopic (exact) mass is 441 g/mol. The van der Waals surface area contributed by atoms with Gasteiger partial charge in [0.05, 0.1) is 11.6 Å². The lowest BCUT2D eigenvalue weighted by molar-refractivity contribution is 0.0934. The van der Waals surface area contributed by atoms with E-state index < -0.39 is 11.8 Å². The number of hydrazine groups is 1. The number of methoxy groups -OCH3 is 1. The van der Waals surface area contributed by atoms with Crippen molar-refractivity contribution < 1.29 is 14.3 Å². The van der Waals surface area contributed by atoms with Crippen LogP contribution < -0.4 is 20.9 Å². The summed E-state index contributed by atoms with van der Waals surface area (Å²) in [5.74, 6) is -0.241. The molecule has 2 aromatic carbocycles. The second-order valence-electron chi connectivity index (χ2n) is 4.72. The molecule has 6 nitrogen and oxygen atoms in total. The lowest BCUT2D eigenvalue weighted by atomic mass is 10.2. The summed E-state index contributed by atoms with van der Waals surface area (Å²) in [7, 11) is 1.53. The Morgan fingerprint density at radius 1 is 1.04 bits per heavy atom. The van der Waals surface area contributed by atoms with Crippen molar-refractivity contribution >= 4 is 56.7 Å². The van der Waals surface area contributed by atoms with E-state index in [-0.39, 0.29) is 5.11 Å². The molecule has 0 fully saturated rings. The van der Waals surface area contributed by atoms with E-state index in [0.717, 1.165) is 0 Å². The van der Waals surface area contributed by atoms with Crippen LogP contribution in [0, 0.1) is 0 Å². The molecule has 0 bridgehead atoms. The van der Waals surface area contributed by atoms with Crippen LogP contribution in [-0.2, 0) is 0 Å². The van der Waals surface area contributed by atoms with Crippen molar-refractivity contribution in [3.63, 3.8) is 0 Å². The Bertz CT molecular complexity index is 815. The molecule has 0 unspecified atom stereocenters. The second kappa shape index (κ2) is 8.80. The molecule has 9 heteroatoms. The molecule has 2 aromatic rings. The minimum absolute atomic E-state index is 0.0424. The van der Waals surface area contributed by atoms with E-state index >= 15 is 0 Å². The molecule has 2 amide bonds. The number of nitrogens with one attached hydrogen (secondary N) is 3. The van der Waals surface area contributed by atoms with Crippen molar-refractivity contribution in [2.75, 3.05) is 7.11 Å². The van der Waals surface area contributed by atoms with Crippen molar-refractivity contribution in [2.24, 2.45) is 0 Å². The van der Waals surface area contributed by atoms with Crippen molar-refractivity contribution in [1.82, 2.24) is 16.2 Å². The van der Waals surface area contributed by atoms with E-state index in [2.05, 4.69) is 32.1 Å². The topological polar surface area (TPSA) is 79.5 Å². The Kier molecular flexibility index (Phi) is 6.74. The van der Waals surface area contributed by atoms with Crippen LogP contribution in [0.15, 0.2) is 46.9 Å². The van der Waals surface area contributed by atoms with Gasteiger partial charge in [0.1, 0.15) is 5.75 Å². The number of benzene rings is 2. The standard InChI is InChI=1S/C16H13BrClN3O3S/c1-24-13-7-4-10(8-12(13)17)14(22)19-16(25)21-20-15(23)9-2-5-11(18)6-3-9/h2-8H,1H3,(H,20,23)(H2,19,21,22,25). The van der Waals surface area contributed by atoms with Crippen molar-refractivity contribution in [1.29, 1.82) is 0 Å². The molecule has 3 N–H and O–H groups in total. The quantitative estimate of drug-likeness (QED) is 0.503. The van der Waals surface area contributed by atoms with Gasteiger partial charge in [0, 0.05) is 16.1 Å². The highest BCUT2D eigenvalue weighted by molar-refractivity contribution is 9.10. The highest BCUT2D eigenvalue weighted by Crippen LogP contribution is 2.25. The van der Waals surface area contributed by atoms with Gasteiger partial charge in [-0.25, -0.2) is 0 Å². The summed E-state index contributed by atoms with van der Waals surface area (Å²) >= 11 is 14.1. The lowest BCUT2D eigenvalue weighted by Gasteiger charge is -2.11. The van der Waals surface area contributed by atoms with Gasteiger partial charge in [-0.1, -0.05) is 11.6 Å². The van der Waals surface area contributed by atoms with Crippen LogP contribution in [0.5, 0.6) is 5.75 Å². The van der Waals surface area contributed by atoms with Gasteiger partial charge in [0.15, 0.2) is 5.11 Å². The Labute approximate surface area is 163 Å². The van der Waals surface area contributed by atoms with E-state index in [1.54, 1.807) is 42.5 Å². The number of carbonyl (C=O) groups excluding carboxylic acids is 2. The molecule has 0 aliphatic heterocycles. The van der Waals surface area contributed by atoms with Gasteiger partial charge in [-0.3, -0.25) is 25.8 Å². The minimum atomic E-state index is -0.429. The molecule has 0 radical (unpaired) electrons. The summed E-state index contributed by atoms with van der Waals surface area (Å²) in [4.78, 5) is 24.1. The molecule has 0 aliphatic rings. The van der Waals surface area contributed by atoms with E-state index in [1.165, 1.54) is 7.11 Å². The van der Waals surface area contributed by atoms with Crippen LogP contribution in [0.1, 0.15) is 20.7 Å². The van der Waals surface area contributed by atoms with Crippen LogP contribution in [0.2, 0.25) is 5.02 Å². The van der Waals surface area contributed by atoms with Gasteiger partial charge in [0.25, 0.3) is 11.8 Å². The Hall–Kier alpha value is -2.16. The zero-order valence-electron chi connectivity index (χ0n) is 12.9. The van der Waals surface area contributed by atoms with Crippen LogP contribution >= 0.6 is 39.7 Å². The van der Waals surface area contributed by atoms with Crippen LogP contribution in [0.4, 0.5) is 0 Å². The van der Waals surface area contributed by atoms with Gasteiger partial charge in [0.2, 0.25) is 0 Å². The van der Waals surface area contributed by atoms with Gasteiger partial charge in [-0.15, -0.1) is 0 Å². The first kappa shape index (κ1) is 19.2. The van der Waals surface area contributed by atoms with Crippen molar-refractivity contribution in [2.45, 2.75) is 0 Å². The summed E-state index contributed by atoms with van der Waals surface area (Å²) in [6.45, 7) is 0. The zero-order valence-corrected chi connectivity index (χ0v) is 16.1. The summed E-state index contributed by atoms with van der Waals surface area (Å²) in [5.41, 5.74) is 5.62. The van der Waals surface area contributed by atoms with Gasteiger partial charge in [-0.2, -0.15) is 0 Å². The Morgan fingerprint density at radius 3 is 2.28 bits per heavy atom. The highest BCUT2D eigenvalue weighted by Gasteiger charge is 2.11. The van der Waals surface area contributed by atoms with Gasteiger partial charge < -0.3 is 4.74 Å². The molecule has 130 valence electrons. The fraction of sp³-hybridized carbons (Fsp3) is 0.0625. The third kappa shape index (κ3) is 5.42. The summed E-state index contributed by atoms with van der Waals surface area (Å²) in [6.07, 6.45) is 0. The predicted octanol–water partition coefficient (Wildman–Crippen LogP) is 3.06. The number of thiocarbonyl (C=S) groups is 1. The number of amides is 2. The fourth-order valence-corrected chi connectivity index (χ4v) is 2.61. The molecule has 0 saturated heterocycles. The minimum Gasteiger partial charge on any atom is -0.496 e. The zero-order chi connectivity index (χ0) is 18.4. The molecule has 0 saturated carbocycles. The van der Waals surface area contributed by atoms with Crippen LogP contribution in [0.3, 0.4) is 0 Å². The average molecular weight is 443 g/mol. The van der Waals surface area contributed by atoms with Crippen molar-refractivity contribution in [3.8, 4) is 5.75 Å². The summed E-state index contributed by atoms with van der Waals surface area (Å²) < 4.78 is 5.74. The first-order valence-corrected chi connectivity index (χ1v) is 8.49. The molecule has 0 spiro atoms. The highest BCUT2D eigenvalue weighted by atomic mass is 79.9. The summed E-state index contributed by atoms with van der Waals surface area (Å²) in [5, 5.41) is 2.94. The molecule has 2 rings (SSSR count). The summed E-state index contributed by atoms with van der Waals surface area (Å²) in [6, 6.07) is 11.2. The molecule has 0 heterocycles. The Morgan fingerprint density at radius 2 is 1.68 bits per heavy atom. The van der Waals surface area contributed by atoms with Crippen LogP contribution in [-0.4, -0.2) is 24.0 Å². The maximum atomic E-state index is 12.1. The number of hydrogen-bond donors (Lipinski definition) is 3. The van der Waals surface area contributed by atoms with Crippen molar-refractivity contribution in [3.05, 3.63) is 63.1 Å². The molecular weight excluding hydrogens is 430 g/mol. The SMILES string of the molecule is COc1ccc(C(=O)NC(=S)NNC(=O)c2ccc(Cl)cc2)cc1Br. The molecule has 0 atom stereocenters. The van der Waals surface area contributed by atoms with E-state index in [0.29, 0.717) is 26.4 Å². The number of carbonyl (C=O) groups is 2. The molecule has 0 aliphatic carbocycles. The smallest absolute Gasteiger partial charge is 0.269 e. The Balaban J connectivity index is 1.89. The molecule has 25 heavy (non-hydrogen) atoms. The average Bonchev–Trinajstić information content (AvgIpc) is 2.60. The molecule has 0 aromatic heterocycles. The van der Waals surface area contributed by atoms with Gasteiger partial charge >= 0.3 is 0 Å². The number of halogens is 2. The third-order valence-electron chi connectivity index (χ3n) is 3.04. The second-order valence-corrected chi connectivity index (χ2v) is 6.42. The number of rotatable bonds is 3. The molecular formula is C16H13BrClN3O3S.